The van der Waals surface area contributed by atoms with Gasteiger partial charge in [0, 0.05) is 6.42 Å². The average molecular weight is 214 g/mol. The van der Waals surface area contributed by atoms with E-state index in [-0.39, 0.29) is 5.78 Å². The Morgan fingerprint density at radius 2 is 1.75 bits per heavy atom. The number of hydrogen-bond acceptors (Lipinski definition) is 1. The molecular weight excluding hydrogens is 196 g/mol. The van der Waals surface area contributed by atoms with Gasteiger partial charge in [-0.1, -0.05) is 23.8 Å². The summed E-state index contributed by atoms with van der Waals surface area (Å²) in [4.78, 5) is 11.4. The second-order valence-corrected chi connectivity index (χ2v) is 4.82. The maximum atomic E-state index is 11.4. The lowest BCUT2D eigenvalue weighted by Crippen LogP contribution is -2.11. The van der Waals surface area contributed by atoms with Crippen LogP contribution in [0.25, 0.3) is 0 Å². The standard InChI is InChI=1S/C15H18O/c1-10-7-11(2)15(12(3)8-10)13-5-4-6-14(16)9-13/h4,6-8,13H,5,9H2,1-3H3. The van der Waals surface area contributed by atoms with Gasteiger partial charge in [0.2, 0.25) is 0 Å². The lowest BCUT2D eigenvalue weighted by molar-refractivity contribution is -0.115. The van der Waals surface area contributed by atoms with E-state index in [1.165, 1.54) is 22.3 Å². The molecule has 0 N–H and O–H groups in total. The van der Waals surface area contributed by atoms with Gasteiger partial charge in [-0.15, -0.1) is 0 Å². The van der Waals surface area contributed by atoms with Gasteiger partial charge < -0.3 is 0 Å². The summed E-state index contributed by atoms with van der Waals surface area (Å²) >= 11 is 0. The van der Waals surface area contributed by atoms with Gasteiger partial charge in [0.1, 0.15) is 0 Å². The maximum Gasteiger partial charge on any atom is 0.155 e. The number of hydrogen-bond donors (Lipinski definition) is 0. The highest BCUT2D eigenvalue weighted by Gasteiger charge is 2.20. The van der Waals surface area contributed by atoms with Crippen molar-refractivity contribution >= 4 is 5.78 Å². The Morgan fingerprint density at radius 3 is 2.31 bits per heavy atom. The first kappa shape index (κ1) is 11.1. The number of carbonyl (C=O) groups excluding carboxylic acids is 1. The number of allylic oxidation sites excluding steroid dienone is 2. The first-order valence-electron chi connectivity index (χ1n) is 5.85. The minimum absolute atomic E-state index is 0.260. The average Bonchev–Trinajstić information content (AvgIpc) is 2.15. The third-order valence-electron chi connectivity index (χ3n) is 3.32. The molecule has 1 heteroatoms. The van der Waals surface area contributed by atoms with Gasteiger partial charge in [0.05, 0.1) is 0 Å². The van der Waals surface area contributed by atoms with Crippen molar-refractivity contribution < 1.29 is 4.79 Å². The highest BCUT2D eigenvalue weighted by atomic mass is 16.1. The number of ketones is 1. The Labute approximate surface area is 97.2 Å². The summed E-state index contributed by atoms with van der Waals surface area (Å²) in [6.07, 6.45) is 5.39. The molecule has 0 aromatic heterocycles. The van der Waals surface area contributed by atoms with Crippen molar-refractivity contribution in [2.45, 2.75) is 39.5 Å². The lowest BCUT2D eigenvalue weighted by Gasteiger charge is -2.22. The molecular formula is C15H18O. The molecule has 0 spiro atoms. The van der Waals surface area contributed by atoms with Crippen molar-refractivity contribution in [2.75, 3.05) is 0 Å². The molecule has 0 bridgehead atoms. The fourth-order valence-electron chi connectivity index (χ4n) is 2.81. The minimum atomic E-state index is 0.260. The smallest absolute Gasteiger partial charge is 0.155 e. The molecule has 1 aromatic rings. The molecule has 1 nitrogen and oxygen atoms in total. The van der Waals surface area contributed by atoms with E-state index in [4.69, 9.17) is 0 Å². The number of aryl methyl sites for hydroxylation is 3. The van der Waals surface area contributed by atoms with E-state index < -0.39 is 0 Å². The third kappa shape index (κ3) is 2.08. The molecule has 1 aliphatic carbocycles. The Balaban J connectivity index is 2.40. The van der Waals surface area contributed by atoms with E-state index in [1.807, 2.05) is 6.08 Å². The zero-order valence-corrected chi connectivity index (χ0v) is 10.2. The highest BCUT2D eigenvalue weighted by molar-refractivity contribution is 5.91. The number of carbonyl (C=O) groups is 1. The van der Waals surface area contributed by atoms with Crippen LogP contribution in [0.5, 0.6) is 0 Å². The van der Waals surface area contributed by atoms with Gasteiger partial charge in [-0.3, -0.25) is 4.79 Å². The van der Waals surface area contributed by atoms with Gasteiger partial charge in [-0.05, 0) is 55.9 Å². The molecule has 0 saturated heterocycles. The fourth-order valence-corrected chi connectivity index (χ4v) is 2.81. The summed E-state index contributed by atoms with van der Waals surface area (Å²) in [5.74, 6) is 0.647. The summed E-state index contributed by atoms with van der Waals surface area (Å²) in [5, 5.41) is 0. The molecule has 1 atom stereocenters. The van der Waals surface area contributed by atoms with Crippen LogP contribution in [0.2, 0.25) is 0 Å². The molecule has 0 fully saturated rings. The molecule has 0 radical (unpaired) electrons. The SMILES string of the molecule is Cc1cc(C)c(C2CC=CC(=O)C2)c(C)c1. The molecule has 0 amide bonds. The van der Waals surface area contributed by atoms with E-state index in [0.717, 1.165) is 6.42 Å². The minimum Gasteiger partial charge on any atom is -0.295 e. The zero-order chi connectivity index (χ0) is 11.7. The van der Waals surface area contributed by atoms with Crippen LogP contribution in [0.15, 0.2) is 24.3 Å². The van der Waals surface area contributed by atoms with Crippen molar-refractivity contribution in [3.05, 3.63) is 46.5 Å². The highest BCUT2D eigenvalue weighted by Crippen LogP contribution is 2.32. The van der Waals surface area contributed by atoms with Gasteiger partial charge in [0.25, 0.3) is 0 Å². The van der Waals surface area contributed by atoms with Crippen LogP contribution in [0.3, 0.4) is 0 Å². The molecule has 0 heterocycles. The second-order valence-electron chi connectivity index (χ2n) is 4.82. The van der Waals surface area contributed by atoms with Crippen LogP contribution < -0.4 is 0 Å². The van der Waals surface area contributed by atoms with Crippen LogP contribution in [-0.4, -0.2) is 5.78 Å². The van der Waals surface area contributed by atoms with Crippen molar-refractivity contribution in [3.8, 4) is 0 Å². The second kappa shape index (κ2) is 4.25. The Kier molecular flexibility index (Phi) is 2.95. The molecule has 0 aliphatic heterocycles. The molecule has 1 unspecified atom stereocenters. The van der Waals surface area contributed by atoms with Crippen molar-refractivity contribution in [1.82, 2.24) is 0 Å². The van der Waals surface area contributed by atoms with E-state index in [2.05, 4.69) is 32.9 Å². The largest absolute Gasteiger partial charge is 0.295 e. The predicted molar refractivity (Wildman–Crippen MR) is 66.8 cm³/mol. The van der Waals surface area contributed by atoms with Crippen LogP contribution in [-0.2, 0) is 4.79 Å². The van der Waals surface area contributed by atoms with E-state index >= 15 is 0 Å². The fraction of sp³-hybridized carbons (Fsp3) is 0.400. The first-order valence-corrected chi connectivity index (χ1v) is 5.85. The summed E-state index contributed by atoms with van der Waals surface area (Å²) < 4.78 is 0. The van der Waals surface area contributed by atoms with Gasteiger partial charge in [-0.2, -0.15) is 0 Å². The molecule has 2 rings (SSSR count). The number of benzene rings is 1. The monoisotopic (exact) mass is 214 g/mol. The normalized spacial score (nSPS) is 20.2. The van der Waals surface area contributed by atoms with Crippen LogP contribution in [0.1, 0.15) is 41.0 Å². The van der Waals surface area contributed by atoms with Crippen molar-refractivity contribution in [3.63, 3.8) is 0 Å². The van der Waals surface area contributed by atoms with E-state index in [9.17, 15) is 4.79 Å². The molecule has 16 heavy (non-hydrogen) atoms. The number of rotatable bonds is 1. The summed E-state index contributed by atoms with van der Waals surface area (Å²) in [5.41, 5.74) is 5.33. The Hall–Kier alpha value is -1.37. The van der Waals surface area contributed by atoms with Crippen LogP contribution in [0, 0.1) is 20.8 Å². The molecule has 1 aliphatic rings. The first-order chi connectivity index (χ1) is 7.58. The summed E-state index contributed by atoms with van der Waals surface area (Å²) in [7, 11) is 0. The van der Waals surface area contributed by atoms with Crippen LogP contribution >= 0.6 is 0 Å². The molecule has 1 aromatic carbocycles. The van der Waals surface area contributed by atoms with Gasteiger partial charge in [0.15, 0.2) is 5.78 Å². The predicted octanol–water partition coefficient (Wildman–Crippen LogP) is 3.61. The summed E-state index contributed by atoms with van der Waals surface area (Å²) in [6, 6.07) is 4.43. The Morgan fingerprint density at radius 1 is 1.12 bits per heavy atom. The van der Waals surface area contributed by atoms with Crippen molar-refractivity contribution in [2.24, 2.45) is 0 Å². The zero-order valence-electron chi connectivity index (χ0n) is 10.2. The van der Waals surface area contributed by atoms with Crippen LogP contribution in [0.4, 0.5) is 0 Å². The summed E-state index contributed by atoms with van der Waals surface area (Å²) in [6.45, 7) is 6.42. The topological polar surface area (TPSA) is 17.1 Å². The maximum absolute atomic E-state index is 11.4. The van der Waals surface area contributed by atoms with Gasteiger partial charge in [-0.25, -0.2) is 0 Å². The molecule has 0 saturated carbocycles. The molecule has 84 valence electrons. The quantitative estimate of drug-likeness (QED) is 0.698. The lowest BCUT2D eigenvalue weighted by atomic mass is 9.82. The van der Waals surface area contributed by atoms with E-state index in [1.54, 1.807) is 6.08 Å². The Bertz CT molecular complexity index is 431. The van der Waals surface area contributed by atoms with Crippen molar-refractivity contribution in [1.29, 1.82) is 0 Å². The van der Waals surface area contributed by atoms with Gasteiger partial charge >= 0.3 is 0 Å². The third-order valence-corrected chi connectivity index (χ3v) is 3.32. The van der Waals surface area contributed by atoms with E-state index in [0.29, 0.717) is 12.3 Å².